The molecule has 1 aromatic heterocycles. The van der Waals surface area contributed by atoms with Crippen LogP contribution in [-0.4, -0.2) is 19.7 Å². The first-order chi connectivity index (χ1) is 6.54. The predicted octanol–water partition coefficient (Wildman–Crippen LogP) is 1.83. The van der Waals surface area contributed by atoms with Gasteiger partial charge in [-0.15, -0.1) is 0 Å². The lowest BCUT2D eigenvalue weighted by atomic mass is 10.1. The van der Waals surface area contributed by atoms with Gasteiger partial charge in [0.05, 0.1) is 0 Å². The topological polar surface area (TPSA) is 47.0 Å². The lowest BCUT2D eigenvalue weighted by molar-refractivity contribution is 0.598. The molecule has 0 atom stereocenters. The molecule has 1 aromatic rings. The molecule has 0 N–H and O–H groups in total. The average Bonchev–Trinajstić information content (AvgIpc) is 2.14. The summed E-state index contributed by atoms with van der Waals surface area (Å²) in [6, 6.07) is 3.40. The third kappa shape index (κ3) is 3.10. The fraction of sp³-hybridized carbons (Fsp3) is 0.500. The smallest absolute Gasteiger partial charge is 0.192 e. The largest absolute Gasteiger partial charge is 0.244 e. The zero-order chi connectivity index (χ0) is 10.6. The van der Waals surface area contributed by atoms with E-state index in [9.17, 15) is 8.42 Å². The number of unbranched alkanes of at least 4 members (excludes halogenated alkanes) is 1. The molecule has 0 aromatic carbocycles. The van der Waals surface area contributed by atoms with Crippen LogP contribution in [0.1, 0.15) is 25.3 Å². The minimum Gasteiger partial charge on any atom is -0.244 e. The summed E-state index contributed by atoms with van der Waals surface area (Å²) in [6.07, 6.45) is 6.02. The van der Waals surface area contributed by atoms with Crippen molar-refractivity contribution in [3.63, 3.8) is 0 Å². The summed E-state index contributed by atoms with van der Waals surface area (Å²) in [7, 11) is -3.15. The van der Waals surface area contributed by atoms with E-state index in [0.717, 1.165) is 24.8 Å². The van der Waals surface area contributed by atoms with E-state index in [0.29, 0.717) is 0 Å². The molecule has 1 heterocycles. The Bertz CT molecular complexity index is 381. The Balaban J connectivity index is 2.79. The van der Waals surface area contributed by atoms with E-state index in [1.807, 2.05) is 6.07 Å². The van der Waals surface area contributed by atoms with E-state index in [2.05, 4.69) is 11.9 Å². The number of sulfone groups is 1. The molecule has 0 fully saturated rings. The molecule has 14 heavy (non-hydrogen) atoms. The van der Waals surface area contributed by atoms with Gasteiger partial charge in [0.2, 0.25) is 0 Å². The molecule has 0 bridgehead atoms. The van der Waals surface area contributed by atoms with Crippen molar-refractivity contribution in [3.05, 3.63) is 23.9 Å². The number of aryl methyl sites for hydroxylation is 1. The Labute approximate surface area is 85.1 Å². The zero-order valence-electron chi connectivity index (χ0n) is 8.53. The van der Waals surface area contributed by atoms with Crippen LogP contribution < -0.4 is 0 Å². The number of nitrogens with zero attached hydrogens (tertiary/aromatic N) is 1. The molecular formula is C10H15NO2S. The Morgan fingerprint density at radius 3 is 2.50 bits per heavy atom. The molecule has 0 aliphatic carbocycles. The van der Waals surface area contributed by atoms with Gasteiger partial charge < -0.3 is 0 Å². The molecule has 78 valence electrons. The van der Waals surface area contributed by atoms with Gasteiger partial charge in [-0.05, 0) is 24.5 Å². The van der Waals surface area contributed by atoms with Crippen molar-refractivity contribution < 1.29 is 8.42 Å². The van der Waals surface area contributed by atoms with Crippen LogP contribution in [0.15, 0.2) is 23.4 Å². The minimum atomic E-state index is -3.15. The van der Waals surface area contributed by atoms with E-state index in [1.165, 1.54) is 6.26 Å². The number of aromatic nitrogens is 1. The highest BCUT2D eigenvalue weighted by Gasteiger charge is 2.07. The van der Waals surface area contributed by atoms with E-state index in [4.69, 9.17) is 0 Å². The second-order valence-corrected chi connectivity index (χ2v) is 5.34. The van der Waals surface area contributed by atoms with Crippen molar-refractivity contribution in [2.45, 2.75) is 31.2 Å². The molecule has 0 unspecified atom stereocenters. The molecule has 0 aliphatic rings. The van der Waals surface area contributed by atoms with Crippen LogP contribution in [0.3, 0.4) is 0 Å². The predicted molar refractivity (Wildman–Crippen MR) is 56.0 cm³/mol. The van der Waals surface area contributed by atoms with Crippen LogP contribution in [-0.2, 0) is 16.3 Å². The van der Waals surface area contributed by atoms with Gasteiger partial charge in [0, 0.05) is 12.5 Å². The molecule has 0 saturated carbocycles. The van der Waals surface area contributed by atoms with Crippen molar-refractivity contribution in [1.29, 1.82) is 0 Å². The van der Waals surface area contributed by atoms with Crippen LogP contribution in [0.25, 0.3) is 0 Å². The second kappa shape index (κ2) is 4.55. The number of hydrogen-bond donors (Lipinski definition) is 0. The van der Waals surface area contributed by atoms with Crippen molar-refractivity contribution in [3.8, 4) is 0 Å². The molecule has 0 spiro atoms. The van der Waals surface area contributed by atoms with Crippen molar-refractivity contribution in [2.24, 2.45) is 0 Å². The molecular weight excluding hydrogens is 198 g/mol. The molecule has 0 amide bonds. The third-order valence-corrected chi connectivity index (χ3v) is 3.00. The summed E-state index contributed by atoms with van der Waals surface area (Å²) >= 11 is 0. The first-order valence-electron chi connectivity index (χ1n) is 4.69. The van der Waals surface area contributed by atoms with E-state index < -0.39 is 9.84 Å². The average molecular weight is 213 g/mol. The first-order valence-corrected chi connectivity index (χ1v) is 6.58. The maximum atomic E-state index is 11.1. The van der Waals surface area contributed by atoms with Crippen LogP contribution in [0.4, 0.5) is 0 Å². The molecule has 0 saturated heterocycles. The highest BCUT2D eigenvalue weighted by atomic mass is 32.2. The van der Waals surface area contributed by atoms with Gasteiger partial charge in [-0.3, -0.25) is 0 Å². The lowest BCUT2D eigenvalue weighted by Crippen LogP contribution is -2.00. The monoisotopic (exact) mass is 213 g/mol. The fourth-order valence-electron chi connectivity index (χ4n) is 1.16. The quantitative estimate of drug-likeness (QED) is 0.766. The summed E-state index contributed by atoms with van der Waals surface area (Å²) < 4.78 is 22.2. The number of rotatable bonds is 4. The Kier molecular flexibility index (Phi) is 3.63. The zero-order valence-corrected chi connectivity index (χ0v) is 9.34. The highest BCUT2D eigenvalue weighted by Crippen LogP contribution is 2.08. The normalized spacial score (nSPS) is 11.6. The number of pyridine rings is 1. The maximum Gasteiger partial charge on any atom is 0.192 e. The lowest BCUT2D eigenvalue weighted by Gasteiger charge is -2.00. The Morgan fingerprint density at radius 2 is 2.07 bits per heavy atom. The van der Waals surface area contributed by atoms with Crippen LogP contribution >= 0.6 is 0 Å². The van der Waals surface area contributed by atoms with Gasteiger partial charge in [0.15, 0.2) is 14.9 Å². The van der Waals surface area contributed by atoms with Gasteiger partial charge in [-0.1, -0.05) is 19.4 Å². The van der Waals surface area contributed by atoms with Gasteiger partial charge >= 0.3 is 0 Å². The highest BCUT2D eigenvalue weighted by molar-refractivity contribution is 7.90. The van der Waals surface area contributed by atoms with E-state index in [1.54, 1.807) is 12.3 Å². The van der Waals surface area contributed by atoms with Crippen LogP contribution in [0.2, 0.25) is 0 Å². The van der Waals surface area contributed by atoms with Crippen LogP contribution in [0, 0.1) is 0 Å². The van der Waals surface area contributed by atoms with Crippen molar-refractivity contribution >= 4 is 9.84 Å². The summed E-state index contributed by atoms with van der Waals surface area (Å²) in [5.74, 6) is 0. The van der Waals surface area contributed by atoms with E-state index >= 15 is 0 Å². The fourth-order valence-corrected chi connectivity index (χ4v) is 1.72. The third-order valence-electron chi connectivity index (χ3n) is 2.00. The maximum absolute atomic E-state index is 11.1. The van der Waals surface area contributed by atoms with Crippen molar-refractivity contribution in [1.82, 2.24) is 4.98 Å². The molecule has 3 nitrogen and oxygen atoms in total. The molecule has 4 heteroatoms. The SMILES string of the molecule is CCCCc1ccc(S(C)(=O)=O)nc1. The Hall–Kier alpha value is -0.900. The summed E-state index contributed by atoms with van der Waals surface area (Å²) in [6.45, 7) is 2.12. The Morgan fingerprint density at radius 1 is 1.36 bits per heavy atom. The molecule has 0 aliphatic heterocycles. The molecule has 0 radical (unpaired) electrons. The van der Waals surface area contributed by atoms with Gasteiger partial charge in [-0.25, -0.2) is 13.4 Å². The van der Waals surface area contributed by atoms with Crippen LogP contribution in [0.5, 0.6) is 0 Å². The summed E-state index contributed by atoms with van der Waals surface area (Å²) in [4.78, 5) is 3.91. The van der Waals surface area contributed by atoms with Gasteiger partial charge in [-0.2, -0.15) is 0 Å². The first kappa shape index (κ1) is 11.2. The van der Waals surface area contributed by atoms with Gasteiger partial charge in [0.25, 0.3) is 0 Å². The van der Waals surface area contributed by atoms with Gasteiger partial charge in [0.1, 0.15) is 0 Å². The summed E-state index contributed by atoms with van der Waals surface area (Å²) in [5.41, 5.74) is 1.10. The standard InChI is InChI=1S/C10H15NO2S/c1-3-4-5-9-6-7-10(11-8-9)14(2,12)13/h6-8H,3-5H2,1-2H3. The number of hydrogen-bond acceptors (Lipinski definition) is 3. The van der Waals surface area contributed by atoms with Crippen molar-refractivity contribution in [2.75, 3.05) is 6.26 Å². The summed E-state index contributed by atoms with van der Waals surface area (Å²) in [5, 5.41) is 0.151. The van der Waals surface area contributed by atoms with E-state index in [-0.39, 0.29) is 5.03 Å². The second-order valence-electron chi connectivity index (χ2n) is 3.38. The molecule has 1 rings (SSSR count). The minimum absolute atomic E-state index is 0.151.